The van der Waals surface area contributed by atoms with Crippen LogP contribution in [0.25, 0.3) is 0 Å². The normalized spacial score (nSPS) is 12.1. The highest BCUT2D eigenvalue weighted by Gasteiger charge is 2.12. The van der Waals surface area contributed by atoms with Crippen LogP contribution < -0.4 is 5.32 Å². The number of carboxylic acid groups (broad SMARTS) is 1. The predicted molar refractivity (Wildman–Crippen MR) is 51.0 cm³/mol. The largest absolute Gasteiger partial charge is 0.481 e. The highest BCUT2D eigenvalue weighted by Crippen LogP contribution is 1.96. The fourth-order valence-electron chi connectivity index (χ4n) is 0.977. The summed E-state index contributed by atoms with van der Waals surface area (Å²) >= 11 is 0. The molecule has 0 saturated carbocycles. The van der Waals surface area contributed by atoms with Gasteiger partial charge in [-0.15, -0.1) is 0 Å². The Morgan fingerprint density at radius 1 is 1.50 bits per heavy atom. The average molecular weight is 203 g/mol. The van der Waals surface area contributed by atoms with Gasteiger partial charge >= 0.3 is 5.97 Å². The maximum Gasteiger partial charge on any atom is 0.306 e. The van der Waals surface area contributed by atoms with Gasteiger partial charge in [0.25, 0.3) is 0 Å². The summed E-state index contributed by atoms with van der Waals surface area (Å²) in [6.45, 7) is 2.16. The van der Waals surface area contributed by atoms with E-state index in [0.29, 0.717) is 6.42 Å². The Morgan fingerprint density at radius 2 is 2.14 bits per heavy atom. The SMILES string of the molecule is CCCC(=O)NCC(CC(=O)O)OC. The van der Waals surface area contributed by atoms with E-state index < -0.39 is 12.1 Å². The summed E-state index contributed by atoms with van der Waals surface area (Å²) in [5.41, 5.74) is 0. The molecule has 0 aromatic heterocycles. The number of carbonyl (C=O) groups is 2. The van der Waals surface area contributed by atoms with E-state index in [1.54, 1.807) is 0 Å². The summed E-state index contributed by atoms with van der Waals surface area (Å²) in [5, 5.41) is 11.1. The van der Waals surface area contributed by atoms with E-state index >= 15 is 0 Å². The lowest BCUT2D eigenvalue weighted by atomic mass is 10.2. The Labute approximate surface area is 83.4 Å². The summed E-state index contributed by atoms with van der Waals surface area (Å²) in [6.07, 6.45) is 0.697. The molecular formula is C9H17NO4. The fraction of sp³-hybridized carbons (Fsp3) is 0.778. The van der Waals surface area contributed by atoms with Crippen LogP contribution in [0.4, 0.5) is 0 Å². The first-order valence-corrected chi connectivity index (χ1v) is 4.61. The molecule has 0 saturated heterocycles. The molecule has 0 aliphatic heterocycles. The molecule has 0 rings (SSSR count). The lowest BCUT2D eigenvalue weighted by molar-refractivity contribution is -0.140. The van der Waals surface area contributed by atoms with E-state index in [1.165, 1.54) is 7.11 Å². The van der Waals surface area contributed by atoms with E-state index in [4.69, 9.17) is 9.84 Å². The van der Waals surface area contributed by atoms with Crippen LogP contribution in [0, 0.1) is 0 Å². The number of hydrogen-bond acceptors (Lipinski definition) is 3. The lowest BCUT2D eigenvalue weighted by Crippen LogP contribution is -2.34. The summed E-state index contributed by atoms with van der Waals surface area (Å²) in [7, 11) is 1.43. The van der Waals surface area contributed by atoms with Crippen molar-refractivity contribution in [2.24, 2.45) is 0 Å². The number of amides is 1. The smallest absolute Gasteiger partial charge is 0.306 e. The lowest BCUT2D eigenvalue weighted by Gasteiger charge is -2.13. The minimum atomic E-state index is -0.929. The fourth-order valence-corrected chi connectivity index (χ4v) is 0.977. The maximum absolute atomic E-state index is 11.0. The molecule has 5 heteroatoms. The van der Waals surface area contributed by atoms with Gasteiger partial charge < -0.3 is 15.2 Å². The van der Waals surface area contributed by atoms with Crippen molar-refractivity contribution >= 4 is 11.9 Å². The first-order valence-electron chi connectivity index (χ1n) is 4.61. The monoisotopic (exact) mass is 203 g/mol. The van der Waals surface area contributed by atoms with Crippen LogP contribution in [0.5, 0.6) is 0 Å². The van der Waals surface area contributed by atoms with Gasteiger partial charge in [-0.25, -0.2) is 0 Å². The van der Waals surface area contributed by atoms with Gasteiger partial charge in [-0.05, 0) is 6.42 Å². The molecule has 0 heterocycles. The second-order valence-electron chi connectivity index (χ2n) is 3.01. The Bertz CT molecular complexity index is 193. The molecule has 0 fully saturated rings. The van der Waals surface area contributed by atoms with Gasteiger partial charge in [-0.3, -0.25) is 9.59 Å². The molecule has 0 aromatic rings. The van der Waals surface area contributed by atoms with Crippen molar-refractivity contribution in [1.82, 2.24) is 5.32 Å². The van der Waals surface area contributed by atoms with Gasteiger partial charge in [0.15, 0.2) is 0 Å². The quantitative estimate of drug-likeness (QED) is 0.627. The first kappa shape index (κ1) is 12.9. The molecule has 0 spiro atoms. The zero-order valence-corrected chi connectivity index (χ0v) is 8.58. The van der Waals surface area contributed by atoms with E-state index in [2.05, 4.69) is 5.32 Å². The van der Waals surface area contributed by atoms with Crippen molar-refractivity contribution in [3.8, 4) is 0 Å². The number of carboxylic acids is 1. The number of nitrogens with one attached hydrogen (secondary N) is 1. The van der Waals surface area contributed by atoms with Gasteiger partial charge in [-0.2, -0.15) is 0 Å². The van der Waals surface area contributed by atoms with E-state index in [9.17, 15) is 9.59 Å². The molecule has 14 heavy (non-hydrogen) atoms. The minimum Gasteiger partial charge on any atom is -0.481 e. The Balaban J connectivity index is 3.71. The standard InChI is InChI=1S/C9H17NO4/c1-3-4-8(11)10-6-7(14-2)5-9(12)13/h7H,3-6H2,1-2H3,(H,10,11)(H,12,13). The zero-order valence-electron chi connectivity index (χ0n) is 8.58. The van der Waals surface area contributed by atoms with E-state index in [1.807, 2.05) is 6.92 Å². The number of ether oxygens (including phenoxy) is 1. The number of carbonyl (C=O) groups excluding carboxylic acids is 1. The zero-order chi connectivity index (χ0) is 11.0. The van der Waals surface area contributed by atoms with E-state index in [-0.39, 0.29) is 18.9 Å². The van der Waals surface area contributed by atoms with Gasteiger partial charge in [0.2, 0.25) is 5.91 Å². The highest BCUT2D eigenvalue weighted by molar-refractivity contribution is 5.75. The van der Waals surface area contributed by atoms with E-state index in [0.717, 1.165) is 6.42 Å². The second kappa shape index (κ2) is 7.32. The molecule has 0 aromatic carbocycles. The Kier molecular flexibility index (Phi) is 6.74. The average Bonchev–Trinajstić information content (AvgIpc) is 2.12. The Hall–Kier alpha value is -1.10. The highest BCUT2D eigenvalue weighted by atomic mass is 16.5. The molecule has 1 amide bonds. The molecule has 0 bridgehead atoms. The third-order valence-corrected chi connectivity index (χ3v) is 1.74. The molecule has 2 N–H and O–H groups in total. The van der Waals surface area contributed by atoms with Crippen molar-refractivity contribution in [3.05, 3.63) is 0 Å². The molecule has 5 nitrogen and oxygen atoms in total. The van der Waals surface area contributed by atoms with Gasteiger partial charge in [0, 0.05) is 20.1 Å². The van der Waals surface area contributed by atoms with Gasteiger partial charge in [0.1, 0.15) is 0 Å². The summed E-state index contributed by atoms with van der Waals surface area (Å²) in [5.74, 6) is -0.999. The number of rotatable bonds is 7. The minimum absolute atomic E-state index is 0.0695. The van der Waals surface area contributed by atoms with Crippen LogP contribution in [0.15, 0.2) is 0 Å². The third kappa shape index (κ3) is 6.42. The number of methoxy groups -OCH3 is 1. The van der Waals surface area contributed by atoms with Crippen LogP contribution in [-0.4, -0.2) is 36.7 Å². The van der Waals surface area contributed by atoms with Crippen molar-refractivity contribution in [3.63, 3.8) is 0 Å². The van der Waals surface area contributed by atoms with Crippen molar-refractivity contribution in [2.75, 3.05) is 13.7 Å². The Morgan fingerprint density at radius 3 is 2.57 bits per heavy atom. The number of hydrogen-bond donors (Lipinski definition) is 2. The van der Waals surface area contributed by atoms with Gasteiger partial charge in [0.05, 0.1) is 12.5 Å². The molecule has 0 aliphatic rings. The number of aliphatic carboxylic acids is 1. The maximum atomic E-state index is 11.0. The molecule has 1 atom stereocenters. The van der Waals surface area contributed by atoms with Crippen LogP contribution >= 0.6 is 0 Å². The van der Waals surface area contributed by atoms with Crippen LogP contribution in [0.1, 0.15) is 26.2 Å². The predicted octanol–water partition coefficient (Wildman–Crippen LogP) is 0.392. The summed E-state index contributed by atoms with van der Waals surface area (Å²) in [4.78, 5) is 21.4. The molecule has 1 unspecified atom stereocenters. The van der Waals surface area contributed by atoms with Crippen LogP contribution in [0.2, 0.25) is 0 Å². The van der Waals surface area contributed by atoms with Crippen molar-refractivity contribution in [1.29, 1.82) is 0 Å². The molecule has 82 valence electrons. The van der Waals surface area contributed by atoms with Crippen molar-refractivity contribution < 1.29 is 19.4 Å². The summed E-state index contributed by atoms with van der Waals surface area (Å²) in [6, 6.07) is 0. The molecule has 0 aliphatic carbocycles. The first-order chi connectivity index (χ1) is 6.60. The van der Waals surface area contributed by atoms with Crippen LogP contribution in [0.3, 0.4) is 0 Å². The summed E-state index contributed by atoms with van der Waals surface area (Å²) < 4.78 is 4.89. The third-order valence-electron chi connectivity index (χ3n) is 1.74. The van der Waals surface area contributed by atoms with Crippen molar-refractivity contribution in [2.45, 2.75) is 32.3 Å². The van der Waals surface area contributed by atoms with Gasteiger partial charge in [-0.1, -0.05) is 6.92 Å². The second-order valence-corrected chi connectivity index (χ2v) is 3.01. The van der Waals surface area contributed by atoms with Crippen LogP contribution in [-0.2, 0) is 14.3 Å². The molecular weight excluding hydrogens is 186 g/mol. The topological polar surface area (TPSA) is 75.6 Å². The molecule has 0 radical (unpaired) electrons.